The van der Waals surface area contributed by atoms with E-state index in [9.17, 15) is 22.0 Å². The molecule has 6 heteroatoms. The van der Waals surface area contributed by atoms with E-state index in [0.29, 0.717) is 23.8 Å². The first kappa shape index (κ1) is 18.7. The normalized spacial score (nSPS) is 22.1. The molecule has 1 aliphatic rings. The Morgan fingerprint density at radius 3 is 2.17 bits per heavy atom. The van der Waals surface area contributed by atoms with Crippen LogP contribution in [0.5, 0.6) is 5.75 Å². The number of rotatable bonds is 5. The summed E-state index contributed by atoms with van der Waals surface area (Å²) in [5, 5.41) is 0. The van der Waals surface area contributed by atoms with E-state index in [2.05, 4.69) is 16.9 Å². The molecular formula is C18H21F5O. The van der Waals surface area contributed by atoms with Crippen LogP contribution in [0.15, 0.2) is 24.3 Å². The molecule has 1 saturated carbocycles. The zero-order valence-corrected chi connectivity index (χ0v) is 13.5. The topological polar surface area (TPSA) is 9.23 Å². The Morgan fingerprint density at radius 1 is 1.08 bits per heavy atom. The average Bonchev–Trinajstić information content (AvgIpc) is 2.50. The van der Waals surface area contributed by atoms with Gasteiger partial charge in [0.05, 0.1) is 0 Å². The standard InChI is InChI=1S/C18H21F5O/c1-2-3-12-4-6-13(7-5-12)8-9-14-10-15(19)17(16(20)11-14)24-18(21,22)23/h2-3,10-13H,4-9H2,1H3. The van der Waals surface area contributed by atoms with E-state index < -0.39 is 23.7 Å². The maximum absolute atomic E-state index is 13.7. The van der Waals surface area contributed by atoms with Gasteiger partial charge in [0.25, 0.3) is 0 Å². The predicted octanol–water partition coefficient (Wildman–Crippen LogP) is 6.18. The molecule has 134 valence electrons. The molecule has 1 aliphatic carbocycles. The van der Waals surface area contributed by atoms with Crippen molar-refractivity contribution in [3.63, 3.8) is 0 Å². The van der Waals surface area contributed by atoms with Crippen molar-refractivity contribution in [1.82, 2.24) is 0 Å². The maximum atomic E-state index is 13.7. The minimum Gasteiger partial charge on any atom is -0.399 e. The Bertz CT molecular complexity index is 548. The van der Waals surface area contributed by atoms with E-state index in [1.807, 2.05) is 6.92 Å². The van der Waals surface area contributed by atoms with Gasteiger partial charge in [-0.1, -0.05) is 12.2 Å². The minimum atomic E-state index is -5.12. The second-order valence-electron chi connectivity index (χ2n) is 6.28. The van der Waals surface area contributed by atoms with Crippen LogP contribution in [0.25, 0.3) is 0 Å². The third-order valence-electron chi connectivity index (χ3n) is 4.47. The highest BCUT2D eigenvalue weighted by atomic mass is 19.4. The zero-order valence-electron chi connectivity index (χ0n) is 13.5. The van der Waals surface area contributed by atoms with Crippen molar-refractivity contribution in [2.24, 2.45) is 11.8 Å². The van der Waals surface area contributed by atoms with Gasteiger partial charge in [-0.05, 0) is 75.0 Å². The van der Waals surface area contributed by atoms with Gasteiger partial charge in [0.15, 0.2) is 11.6 Å². The number of halogens is 5. The molecule has 1 fully saturated rings. The van der Waals surface area contributed by atoms with E-state index in [0.717, 1.165) is 44.2 Å². The number of ether oxygens (including phenoxy) is 1. The fourth-order valence-electron chi connectivity index (χ4n) is 3.28. The number of aryl methyl sites for hydroxylation is 1. The lowest BCUT2D eigenvalue weighted by atomic mass is 9.79. The third kappa shape index (κ3) is 5.49. The number of benzene rings is 1. The van der Waals surface area contributed by atoms with Crippen molar-refractivity contribution in [1.29, 1.82) is 0 Å². The SMILES string of the molecule is CC=CC1CCC(CCc2cc(F)c(OC(F)(F)F)c(F)c2)CC1. The first-order valence-electron chi connectivity index (χ1n) is 8.15. The van der Waals surface area contributed by atoms with Crippen molar-refractivity contribution < 1.29 is 26.7 Å². The third-order valence-corrected chi connectivity index (χ3v) is 4.47. The zero-order chi connectivity index (χ0) is 17.7. The smallest absolute Gasteiger partial charge is 0.399 e. The quantitative estimate of drug-likeness (QED) is 0.456. The Hall–Kier alpha value is -1.59. The van der Waals surface area contributed by atoms with Gasteiger partial charge in [-0.25, -0.2) is 8.78 Å². The van der Waals surface area contributed by atoms with E-state index in [-0.39, 0.29) is 0 Å². The van der Waals surface area contributed by atoms with Crippen molar-refractivity contribution in [3.05, 3.63) is 41.5 Å². The molecule has 0 N–H and O–H groups in total. The van der Waals surface area contributed by atoms with Crippen LogP contribution in [0.2, 0.25) is 0 Å². The van der Waals surface area contributed by atoms with Crippen LogP contribution in [0.3, 0.4) is 0 Å². The van der Waals surface area contributed by atoms with E-state index >= 15 is 0 Å². The molecule has 2 rings (SSSR count). The van der Waals surface area contributed by atoms with E-state index in [4.69, 9.17) is 0 Å². The molecule has 1 aromatic rings. The molecule has 1 aromatic carbocycles. The van der Waals surface area contributed by atoms with Gasteiger partial charge in [-0.15, -0.1) is 13.2 Å². The lowest BCUT2D eigenvalue weighted by molar-refractivity contribution is -0.276. The van der Waals surface area contributed by atoms with Gasteiger partial charge >= 0.3 is 6.36 Å². The second kappa shape index (κ2) is 7.99. The Labute approximate surface area is 138 Å². The lowest BCUT2D eigenvalue weighted by Gasteiger charge is -2.26. The molecule has 24 heavy (non-hydrogen) atoms. The Kier molecular flexibility index (Phi) is 6.24. The molecule has 0 spiro atoms. The Balaban J connectivity index is 1.92. The highest BCUT2D eigenvalue weighted by Gasteiger charge is 2.34. The predicted molar refractivity (Wildman–Crippen MR) is 81.6 cm³/mol. The van der Waals surface area contributed by atoms with Crippen LogP contribution in [-0.2, 0) is 6.42 Å². The summed E-state index contributed by atoms with van der Waals surface area (Å²) in [6.45, 7) is 2.00. The summed E-state index contributed by atoms with van der Waals surface area (Å²) in [7, 11) is 0. The van der Waals surface area contributed by atoms with Crippen LogP contribution in [0.4, 0.5) is 22.0 Å². The van der Waals surface area contributed by atoms with Crippen molar-refractivity contribution >= 4 is 0 Å². The van der Waals surface area contributed by atoms with Crippen LogP contribution in [0.1, 0.15) is 44.6 Å². The number of allylic oxidation sites excluding steroid dienone is 2. The Morgan fingerprint density at radius 2 is 1.67 bits per heavy atom. The summed E-state index contributed by atoms with van der Waals surface area (Å²) in [5.74, 6) is -2.93. The average molecular weight is 348 g/mol. The number of hydrogen-bond donors (Lipinski definition) is 0. The van der Waals surface area contributed by atoms with Gasteiger partial charge < -0.3 is 4.74 Å². The lowest BCUT2D eigenvalue weighted by Crippen LogP contribution is -2.19. The van der Waals surface area contributed by atoms with Crippen LogP contribution >= 0.6 is 0 Å². The summed E-state index contributed by atoms with van der Waals surface area (Å²) in [6, 6.07) is 1.85. The van der Waals surface area contributed by atoms with Gasteiger partial charge in [-0.3, -0.25) is 0 Å². The molecule has 0 aromatic heterocycles. The highest BCUT2D eigenvalue weighted by molar-refractivity contribution is 5.31. The van der Waals surface area contributed by atoms with E-state index in [1.54, 1.807) is 0 Å². The molecule has 0 radical (unpaired) electrons. The molecule has 0 unspecified atom stereocenters. The van der Waals surface area contributed by atoms with Crippen LogP contribution in [-0.4, -0.2) is 6.36 Å². The van der Waals surface area contributed by atoms with Crippen molar-refractivity contribution in [3.8, 4) is 5.75 Å². The molecule has 0 aliphatic heterocycles. The largest absolute Gasteiger partial charge is 0.573 e. The van der Waals surface area contributed by atoms with E-state index in [1.165, 1.54) is 0 Å². The second-order valence-corrected chi connectivity index (χ2v) is 6.28. The summed E-state index contributed by atoms with van der Waals surface area (Å²) >= 11 is 0. The number of hydrogen-bond acceptors (Lipinski definition) is 1. The van der Waals surface area contributed by atoms with Gasteiger partial charge in [0, 0.05) is 0 Å². The van der Waals surface area contributed by atoms with Gasteiger partial charge in [0.2, 0.25) is 5.75 Å². The molecule has 0 bridgehead atoms. The fraction of sp³-hybridized carbons (Fsp3) is 0.556. The molecule has 0 amide bonds. The fourth-order valence-corrected chi connectivity index (χ4v) is 3.28. The number of alkyl halides is 3. The van der Waals surface area contributed by atoms with Gasteiger partial charge in [-0.2, -0.15) is 0 Å². The minimum absolute atomic E-state index is 0.357. The monoisotopic (exact) mass is 348 g/mol. The summed E-state index contributed by atoms with van der Waals surface area (Å²) in [5.41, 5.74) is 0.357. The van der Waals surface area contributed by atoms with Crippen molar-refractivity contribution in [2.45, 2.75) is 51.8 Å². The summed E-state index contributed by atoms with van der Waals surface area (Å²) in [6.07, 6.45) is 4.72. The van der Waals surface area contributed by atoms with Crippen molar-refractivity contribution in [2.75, 3.05) is 0 Å². The summed E-state index contributed by atoms with van der Waals surface area (Å²) in [4.78, 5) is 0. The first-order valence-corrected chi connectivity index (χ1v) is 8.15. The van der Waals surface area contributed by atoms with Crippen LogP contribution in [0, 0.1) is 23.5 Å². The molecule has 0 atom stereocenters. The highest BCUT2D eigenvalue weighted by Crippen LogP contribution is 2.33. The summed E-state index contributed by atoms with van der Waals surface area (Å²) < 4.78 is 67.1. The first-order chi connectivity index (χ1) is 11.3. The van der Waals surface area contributed by atoms with Crippen LogP contribution < -0.4 is 4.74 Å². The molecule has 0 saturated heterocycles. The van der Waals surface area contributed by atoms with Gasteiger partial charge in [0.1, 0.15) is 0 Å². The maximum Gasteiger partial charge on any atom is 0.573 e. The molecule has 0 heterocycles. The molecule has 1 nitrogen and oxygen atoms in total. The molecular weight excluding hydrogens is 327 g/mol.